The van der Waals surface area contributed by atoms with Crippen LogP contribution in [0.15, 0.2) is 12.4 Å². The van der Waals surface area contributed by atoms with E-state index in [4.69, 9.17) is 10.5 Å². The molecule has 0 unspecified atom stereocenters. The van der Waals surface area contributed by atoms with Crippen LogP contribution in [-0.2, 0) is 16.9 Å². The number of amides is 1. The zero-order chi connectivity index (χ0) is 12.9. The smallest absolute Gasteiger partial charge is 0.405 e. The number of hydrogen-bond acceptors (Lipinski definition) is 5. The second-order valence-corrected chi connectivity index (χ2v) is 5.16. The Bertz CT molecular complexity index is 379. The average molecular weight is 255 g/mol. The molecule has 0 radical (unpaired) electrons. The Hall–Kier alpha value is -1.30. The molecule has 5 nitrogen and oxygen atoms in total. The first-order chi connectivity index (χ1) is 7.93. The molecule has 0 aromatic carbocycles. The lowest BCUT2D eigenvalue weighted by atomic mass is 10.0. The Kier molecular flexibility index (Phi) is 4.74. The summed E-state index contributed by atoms with van der Waals surface area (Å²) in [5, 5.41) is 0. The van der Waals surface area contributed by atoms with E-state index >= 15 is 0 Å². The van der Waals surface area contributed by atoms with Gasteiger partial charge in [-0.2, -0.15) is 11.8 Å². The van der Waals surface area contributed by atoms with Gasteiger partial charge >= 0.3 is 6.09 Å². The van der Waals surface area contributed by atoms with Crippen LogP contribution in [0.5, 0.6) is 0 Å². The maximum atomic E-state index is 10.7. The third kappa shape index (κ3) is 5.04. The molecule has 1 aromatic heterocycles. The molecule has 0 aliphatic rings. The molecule has 17 heavy (non-hydrogen) atoms. The summed E-state index contributed by atoms with van der Waals surface area (Å²) >= 11 is 1.69. The van der Waals surface area contributed by atoms with Gasteiger partial charge in [-0.15, -0.1) is 0 Å². The summed E-state index contributed by atoms with van der Waals surface area (Å²) in [6.07, 6.45) is 5.17. The van der Waals surface area contributed by atoms with Gasteiger partial charge in [-0.3, -0.25) is 9.97 Å². The fourth-order valence-corrected chi connectivity index (χ4v) is 1.88. The van der Waals surface area contributed by atoms with Crippen molar-refractivity contribution in [2.24, 2.45) is 5.73 Å². The van der Waals surface area contributed by atoms with Crippen molar-refractivity contribution in [3.63, 3.8) is 0 Å². The van der Waals surface area contributed by atoms with Gasteiger partial charge in [0.15, 0.2) is 0 Å². The molecule has 1 amide bonds. The molecule has 0 saturated carbocycles. The SMILES string of the molecule is CSCc1cnc(CC(C)(C)OC(N)=O)cn1. The minimum absolute atomic E-state index is 0.489. The fourth-order valence-electron chi connectivity index (χ4n) is 1.44. The Morgan fingerprint density at radius 2 is 2.00 bits per heavy atom. The molecule has 6 heteroatoms. The topological polar surface area (TPSA) is 78.1 Å². The lowest BCUT2D eigenvalue weighted by molar-refractivity contribution is 0.0453. The number of carbonyl (C=O) groups excluding carboxylic acids is 1. The van der Waals surface area contributed by atoms with Gasteiger partial charge < -0.3 is 10.5 Å². The molecule has 0 atom stereocenters. The standard InChI is InChI=1S/C11H17N3O2S/c1-11(2,16-10(12)15)4-8-5-14-9(6-13-8)7-17-3/h5-6H,4,7H2,1-3H3,(H2,12,15). The van der Waals surface area contributed by atoms with E-state index in [9.17, 15) is 4.79 Å². The van der Waals surface area contributed by atoms with Crippen LogP contribution in [0.1, 0.15) is 25.2 Å². The lowest BCUT2D eigenvalue weighted by Crippen LogP contribution is -2.33. The predicted octanol–water partition coefficient (Wildman–Crippen LogP) is 1.76. The molecule has 1 rings (SSSR count). The molecule has 0 bridgehead atoms. The highest BCUT2D eigenvalue weighted by molar-refractivity contribution is 7.97. The van der Waals surface area contributed by atoms with Crippen LogP contribution < -0.4 is 5.73 Å². The van der Waals surface area contributed by atoms with Crippen molar-refractivity contribution in [2.75, 3.05) is 6.26 Å². The van der Waals surface area contributed by atoms with Crippen LogP contribution in [0, 0.1) is 0 Å². The number of hydrogen-bond donors (Lipinski definition) is 1. The molecule has 0 saturated heterocycles. The summed E-state index contributed by atoms with van der Waals surface area (Å²) in [4.78, 5) is 19.3. The van der Waals surface area contributed by atoms with Crippen molar-refractivity contribution in [1.29, 1.82) is 0 Å². The number of primary amides is 1. The van der Waals surface area contributed by atoms with Crippen LogP contribution in [0.4, 0.5) is 4.79 Å². The molecule has 0 aliphatic carbocycles. The van der Waals surface area contributed by atoms with Crippen molar-refractivity contribution >= 4 is 17.9 Å². The zero-order valence-electron chi connectivity index (χ0n) is 10.3. The Labute approximate surface area is 105 Å². The Morgan fingerprint density at radius 3 is 2.47 bits per heavy atom. The van der Waals surface area contributed by atoms with E-state index in [1.807, 2.05) is 6.26 Å². The highest BCUT2D eigenvalue weighted by Gasteiger charge is 2.23. The number of ether oxygens (including phenoxy) is 1. The van der Waals surface area contributed by atoms with Crippen LogP contribution in [0.25, 0.3) is 0 Å². The highest BCUT2D eigenvalue weighted by atomic mass is 32.2. The largest absolute Gasteiger partial charge is 0.443 e. The number of nitrogens with zero attached hydrogens (tertiary/aromatic N) is 2. The first kappa shape index (κ1) is 13.8. The minimum Gasteiger partial charge on any atom is -0.443 e. The molecule has 94 valence electrons. The maximum absolute atomic E-state index is 10.7. The third-order valence-corrected chi connectivity index (χ3v) is 2.62. The van der Waals surface area contributed by atoms with Crippen LogP contribution in [-0.4, -0.2) is 27.9 Å². The van der Waals surface area contributed by atoms with Gasteiger partial charge in [0.25, 0.3) is 0 Å². The number of carbonyl (C=O) groups is 1. The van der Waals surface area contributed by atoms with Gasteiger partial charge in [-0.1, -0.05) is 0 Å². The van der Waals surface area contributed by atoms with Crippen LogP contribution in [0.2, 0.25) is 0 Å². The van der Waals surface area contributed by atoms with E-state index in [0.717, 1.165) is 17.1 Å². The average Bonchev–Trinajstić information content (AvgIpc) is 2.18. The van der Waals surface area contributed by atoms with Crippen molar-refractivity contribution in [1.82, 2.24) is 9.97 Å². The number of thioether (sulfide) groups is 1. The summed E-state index contributed by atoms with van der Waals surface area (Å²) in [6.45, 7) is 3.57. The summed E-state index contributed by atoms with van der Waals surface area (Å²) in [6, 6.07) is 0. The van der Waals surface area contributed by atoms with Crippen LogP contribution in [0.3, 0.4) is 0 Å². The maximum Gasteiger partial charge on any atom is 0.405 e. The molecule has 0 spiro atoms. The zero-order valence-corrected chi connectivity index (χ0v) is 11.1. The number of aromatic nitrogens is 2. The van der Waals surface area contributed by atoms with E-state index in [0.29, 0.717) is 6.42 Å². The molecule has 0 fully saturated rings. The molecular formula is C11H17N3O2S. The Morgan fingerprint density at radius 1 is 1.41 bits per heavy atom. The predicted molar refractivity (Wildman–Crippen MR) is 67.7 cm³/mol. The van der Waals surface area contributed by atoms with E-state index in [-0.39, 0.29) is 0 Å². The summed E-state index contributed by atoms with van der Waals surface area (Å²) in [5.41, 5.74) is 6.05. The van der Waals surface area contributed by atoms with E-state index in [2.05, 4.69) is 9.97 Å². The minimum atomic E-state index is -0.776. The fraction of sp³-hybridized carbons (Fsp3) is 0.545. The second-order valence-electron chi connectivity index (χ2n) is 4.29. The highest BCUT2D eigenvalue weighted by Crippen LogP contribution is 2.15. The van der Waals surface area contributed by atoms with Crippen LogP contribution >= 0.6 is 11.8 Å². The first-order valence-corrected chi connectivity index (χ1v) is 6.59. The quantitative estimate of drug-likeness (QED) is 0.867. The van der Waals surface area contributed by atoms with E-state index in [1.165, 1.54) is 0 Å². The van der Waals surface area contributed by atoms with Gasteiger partial charge in [-0.05, 0) is 20.1 Å². The summed E-state index contributed by atoms with van der Waals surface area (Å²) < 4.78 is 4.99. The van der Waals surface area contributed by atoms with Gasteiger partial charge in [0.2, 0.25) is 0 Å². The van der Waals surface area contributed by atoms with E-state index in [1.54, 1.807) is 38.0 Å². The van der Waals surface area contributed by atoms with Crippen molar-refractivity contribution < 1.29 is 9.53 Å². The molecule has 2 N–H and O–H groups in total. The monoisotopic (exact) mass is 255 g/mol. The number of rotatable bonds is 5. The van der Waals surface area contributed by atoms with Gasteiger partial charge in [-0.25, -0.2) is 4.79 Å². The lowest BCUT2D eigenvalue weighted by Gasteiger charge is -2.23. The van der Waals surface area contributed by atoms with Crippen molar-refractivity contribution in [3.05, 3.63) is 23.8 Å². The van der Waals surface area contributed by atoms with Crippen molar-refractivity contribution in [2.45, 2.75) is 31.6 Å². The number of nitrogens with two attached hydrogens (primary N) is 1. The molecule has 1 aromatic rings. The molecule has 1 heterocycles. The first-order valence-electron chi connectivity index (χ1n) is 5.20. The summed E-state index contributed by atoms with van der Waals surface area (Å²) in [7, 11) is 0. The molecular weight excluding hydrogens is 238 g/mol. The molecule has 0 aliphatic heterocycles. The van der Waals surface area contributed by atoms with Gasteiger partial charge in [0.1, 0.15) is 5.60 Å². The van der Waals surface area contributed by atoms with Crippen molar-refractivity contribution in [3.8, 4) is 0 Å². The van der Waals surface area contributed by atoms with E-state index < -0.39 is 11.7 Å². The van der Waals surface area contributed by atoms with Gasteiger partial charge in [0, 0.05) is 24.6 Å². The Balaban J connectivity index is 2.65. The summed E-state index contributed by atoms with van der Waals surface area (Å²) in [5.74, 6) is 0.842. The van der Waals surface area contributed by atoms with Gasteiger partial charge in [0.05, 0.1) is 11.4 Å². The normalized spacial score (nSPS) is 11.2. The second kappa shape index (κ2) is 5.86. The third-order valence-electron chi connectivity index (χ3n) is 2.03.